The number of carbonyl (C=O) groups is 2. The molecule has 0 saturated carbocycles. The molecule has 218 valence electrons. The minimum absolute atomic E-state index is 0.0447. The van der Waals surface area contributed by atoms with Crippen LogP contribution in [0.25, 0.3) is 16.9 Å². The van der Waals surface area contributed by atoms with Crippen molar-refractivity contribution in [2.24, 2.45) is 5.92 Å². The molecular formula is C30H31F2N7O3. The zero-order valence-electron chi connectivity index (χ0n) is 23.1. The number of hydrogen-bond acceptors (Lipinski definition) is 7. The second-order valence-electron chi connectivity index (χ2n) is 10.5. The van der Waals surface area contributed by atoms with Crippen molar-refractivity contribution >= 4 is 29.0 Å². The SMILES string of the molecule is Cc1cc(Nc2nccn3c(-c4ccc(OC(F)F)cc4)cnc23)ccc1C(=O)N1CCN(C(=O)[C@H]2CCNC2)CC1. The average Bonchev–Trinajstić information content (AvgIpc) is 3.68. The van der Waals surface area contributed by atoms with Gasteiger partial charge in [-0.25, -0.2) is 9.97 Å². The van der Waals surface area contributed by atoms with Gasteiger partial charge in [0.15, 0.2) is 11.5 Å². The highest BCUT2D eigenvalue weighted by molar-refractivity contribution is 5.96. The van der Waals surface area contributed by atoms with Crippen LogP contribution in [-0.2, 0) is 4.79 Å². The van der Waals surface area contributed by atoms with E-state index in [1.54, 1.807) is 30.7 Å². The third-order valence-electron chi connectivity index (χ3n) is 7.81. The van der Waals surface area contributed by atoms with Crippen LogP contribution in [0.15, 0.2) is 61.1 Å². The van der Waals surface area contributed by atoms with E-state index in [1.807, 2.05) is 39.3 Å². The van der Waals surface area contributed by atoms with E-state index in [0.717, 1.165) is 42.0 Å². The summed E-state index contributed by atoms with van der Waals surface area (Å²) in [6.45, 7) is 2.76. The van der Waals surface area contributed by atoms with Crippen molar-refractivity contribution in [2.45, 2.75) is 20.0 Å². The quantitative estimate of drug-likeness (QED) is 0.344. The number of anilines is 2. The van der Waals surface area contributed by atoms with Gasteiger partial charge in [0, 0.05) is 61.9 Å². The van der Waals surface area contributed by atoms with Gasteiger partial charge in [-0.15, -0.1) is 0 Å². The highest BCUT2D eigenvalue weighted by Gasteiger charge is 2.31. The monoisotopic (exact) mass is 575 g/mol. The fourth-order valence-electron chi connectivity index (χ4n) is 5.57. The molecule has 2 fully saturated rings. The number of rotatable bonds is 7. The molecule has 10 nitrogen and oxygen atoms in total. The number of aromatic nitrogens is 3. The Morgan fingerprint density at radius 2 is 1.81 bits per heavy atom. The number of hydrogen-bond donors (Lipinski definition) is 2. The molecule has 1 atom stereocenters. The molecule has 4 heterocycles. The maximum Gasteiger partial charge on any atom is 0.387 e. The Labute approximate surface area is 241 Å². The Bertz CT molecular complexity index is 1590. The molecule has 0 aliphatic carbocycles. The van der Waals surface area contributed by atoms with Crippen LogP contribution >= 0.6 is 0 Å². The molecule has 4 aromatic rings. The van der Waals surface area contributed by atoms with Gasteiger partial charge in [-0.1, -0.05) is 0 Å². The van der Waals surface area contributed by atoms with Gasteiger partial charge in [-0.05, 0) is 67.9 Å². The summed E-state index contributed by atoms with van der Waals surface area (Å²) in [6, 6.07) is 11.9. The molecule has 2 aliphatic rings. The lowest BCUT2D eigenvalue weighted by molar-refractivity contribution is -0.136. The number of imidazole rings is 1. The van der Waals surface area contributed by atoms with E-state index >= 15 is 0 Å². The third-order valence-corrected chi connectivity index (χ3v) is 7.81. The molecule has 0 radical (unpaired) electrons. The zero-order valence-corrected chi connectivity index (χ0v) is 23.1. The number of aryl methyl sites for hydroxylation is 1. The first-order chi connectivity index (χ1) is 20.4. The van der Waals surface area contributed by atoms with Crippen molar-refractivity contribution < 1.29 is 23.1 Å². The van der Waals surface area contributed by atoms with Gasteiger partial charge >= 0.3 is 6.61 Å². The molecule has 2 amide bonds. The Hall–Kier alpha value is -4.58. The summed E-state index contributed by atoms with van der Waals surface area (Å²) in [4.78, 5) is 38.7. The first-order valence-corrected chi connectivity index (χ1v) is 13.9. The Balaban J connectivity index is 1.13. The van der Waals surface area contributed by atoms with Crippen molar-refractivity contribution in [3.63, 3.8) is 0 Å². The van der Waals surface area contributed by atoms with Crippen LogP contribution < -0.4 is 15.4 Å². The number of nitrogens with zero attached hydrogens (tertiary/aromatic N) is 5. The number of ether oxygens (including phenoxy) is 1. The molecule has 6 rings (SSSR count). The second-order valence-corrected chi connectivity index (χ2v) is 10.5. The Morgan fingerprint density at radius 1 is 1.05 bits per heavy atom. The number of alkyl halides is 2. The number of halogens is 2. The van der Waals surface area contributed by atoms with Gasteiger partial charge < -0.3 is 25.2 Å². The van der Waals surface area contributed by atoms with E-state index in [4.69, 9.17) is 0 Å². The van der Waals surface area contributed by atoms with Crippen LogP contribution in [0.5, 0.6) is 5.75 Å². The molecule has 0 unspecified atom stereocenters. The highest BCUT2D eigenvalue weighted by atomic mass is 19.3. The first kappa shape index (κ1) is 27.6. The molecule has 0 bridgehead atoms. The second kappa shape index (κ2) is 11.7. The van der Waals surface area contributed by atoms with Crippen molar-refractivity contribution in [3.8, 4) is 17.0 Å². The summed E-state index contributed by atoms with van der Waals surface area (Å²) in [7, 11) is 0. The topological polar surface area (TPSA) is 104 Å². The summed E-state index contributed by atoms with van der Waals surface area (Å²) in [6.07, 6.45) is 5.99. The number of amides is 2. The van der Waals surface area contributed by atoms with Crippen LogP contribution in [0, 0.1) is 12.8 Å². The largest absolute Gasteiger partial charge is 0.435 e. The molecule has 42 heavy (non-hydrogen) atoms. The molecule has 2 aliphatic heterocycles. The lowest BCUT2D eigenvalue weighted by atomic mass is 10.0. The van der Waals surface area contributed by atoms with Crippen molar-refractivity contribution in [1.29, 1.82) is 0 Å². The standard InChI is InChI=1S/C30H31F2N7O3/c1-19-16-22(4-7-24(19)29(41)38-14-12-37(13-15-38)28(40)21-8-9-33-17-21)36-26-27-35-18-25(39(27)11-10-34-26)20-2-5-23(6-3-20)42-30(31)32/h2-7,10-11,16,18,21,30,33H,8-9,12-15,17H2,1H3,(H,34,36)/t21-/m0/s1. The molecule has 2 N–H and O–H groups in total. The molecular weight excluding hydrogens is 544 g/mol. The van der Waals surface area contributed by atoms with Crippen LogP contribution in [0.2, 0.25) is 0 Å². The summed E-state index contributed by atoms with van der Waals surface area (Å²) in [5.74, 6) is 0.794. The van der Waals surface area contributed by atoms with Crippen LogP contribution in [0.1, 0.15) is 22.3 Å². The fourth-order valence-corrected chi connectivity index (χ4v) is 5.57. The van der Waals surface area contributed by atoms with E-state index in [1.165, 1.54) is 12.1 Å². The number of nitrogens with one attached hydrogen (secondary N) is 2. The molecule has 2 aromatic heterocycles. The number of piperazine rings is 1. The maximum atomic E-state index is 13.3. The molecule has 0 spiro atoms. The van der Waals surface area contributed by atoms with E-state index in [-0.39, 0.29) is 23.5 Å². The summed E-state index contributed by atoms with van der Waals surface area (Å²) >= 11 is 0. The smallest absolute Gasteiger partial charge is 0.387 e. The summed E-state index contributed by atoms with van der Waals surface area (Å²) < 4.78 is 31.3. The van der Waals surface area contributed by atoms with Gasteiger partial charge in [0.05, 0.1) is 17.8 Å². The molecule has 2 aromatic carbocycles. The van der Waals surface area contributed by atoms with Gasteiger partial charge in [0.1, 0.15) is 5.75 Å². The van der Waals surface area contributed by atoms with Crippen molar-refractivity contribution in [1.82, 2.24) is 29.5 Å². The van der Waals surface area contributed by atoms with E-state index in [9.17, 15) is 18.4 Å². The number of benzene rings is 2. The zero-order chi connectivity index (χ0) is 29.2. The average molecular weight is 576 g/mol. The molecule has 2 saturated heterocycles. The van der Waals surface area contributed by atoms with Crippen molar-refractivity contribution in [2.75, 3.05) is 44.6 Å². The minimum Gasteiger partial charge on any atom is -0.435 e. The third kappa shape index (κ3) is 5.62. The van der Waals surface area contributed by atoms with E-state index in [0.29, 0.717) is 43.2 Å². The predicted molar refractivity (Wildman–Crippen MR) is 153 cm³/mol. The Morgan fingerprint density at radius 3 is 2.50 bits per heavy atom. The van der Waals surface area contributed by atoms with Crippen molar-refractivity contribution in [3.05, 3.63) is 72.2 Å². The first-order valence-electron chi connectivity index (χ1n) is 13.9. The van der Waals surface area contributed by atoms with Crippen LogP contribution in [0.4, 0.5) is 20.3 Å². The van der Waals surface area contributed by atoms with Gasteiger partial charge in [0.25, 0.3) is 5.91 Å². The fraction of sp³-hybridized carbons (Fsp3) is 0.333. The van der Waals surface area contributed by atoms with Gasteiger partial charge in [-0.3, -0.25) is 14.0 Å². The number of carbonyl (C=O) groups excluding carboxylic acids is 2. The van der Waals surface area contributed by atoms with Crippen LogP contribution in [-0.4, -0.2) is 81.9 Å². The lowest BCUT2D eigenvalue weighted by Gasteiger charge is -2.36. The normalized spacial score (nSPS) is 17.2. The highest BCUT2D eigenvalue weighted by Crippen LogP contribution is 2.28. The van der Waals surface area contributed by atoms with Gasteiger partial charge in [-0.2, -0.15) is 8.78 Å². The Kier molecular flexibility index (Phi) is 7.70. The predicted octanol–water partition coefficient (Wildman–Crippen LogP) is 3.94. The molecule has 12 heteroatoms. The van der Waals surface area contributed by atoms with E-state index in [2.05, 4.69) is 25.3 Å². The van der Waals surface area contributed by atoms with Crippen LogP contribution in [0.3, 0.4) is 0 Å². The van der Waals surface area contributed by atoms with Gasteiger partial charge in [0.2, 0.25) is 5.91 Å². The summed E-state index contributed by atoms with van der Waals surface area (Å²) in [5.41, 5.74) is 4.32. The number of fused-ring (bicyclic) bond motifs is 1. The minimum atomic E-state index is -2.88. The lowest BCUT2D eigenvalue weighted by Crippen LogP contribution is -2.52. The maximum absolute atomic E-state index is 13.3. The van der Waals surface area contributed by atoms with E-state index < -0.39 is 6.61 Å². The summed E-state index contributed by atoms with van der Waals surface area (Å²) in [5, 5.41) is 6.54.